The lowest BCUT2D eigenvalue weighted by atomic mass is 10.0. The van der Waals surface area contributed by atoms with Crippen molar-refractivity contribution in [1.82, 2.24) is 4.98 Å². The monoisotopic (exact) mass is 275 g/mol. The number of aryl methyl sites for hydroxylation is 3. The van der Waals surface area contributed by atoms with Gasteiger partial charge in [-0.1, -0.05) is 17.7 Å². The lowest BCUT2D eigenvalue weighted by Crippen LogP contribution is -1.96. The van der Waals surface area contributed by atoms with E-state index in [9.17, 15) is 0 Å². The number of nitrogens with one attached hydrogen (secondary N) is 1. The van der Waals surface area contributed by atoms with Crippen LogP contribution in [0.1, 0.15) is 22.3 Å². The lowest BCUT2D eigenvalue weighted by Gasteiger charge is -2.06. The van der Waals surface area contributed by atoms with E-state index in [1.807, 2.05) is 18.3 Å². The molecular weight excluding hydrogens is 258 g/mol. The van der Waals surface area contributed by atoms with Crippen LogP contribution >= 0.6 is 12.4 Å². The van der Waals surface area contributed by atoms with Crippen molar-refractivity contribution in [3.05, 3.63) is 58.9 Å². The Hall–Kier alpha value is -1.87. The Kier molecular flexibility index (Phi) is 5.52. The molecule has 0 spiro atoms. The summed E-state index contributed by atoms with van der Waals surface area (Å²) < 4.78 is 0. The first-order valence-electron chi connectivity index (χ1n) is 5.94. The topological polar surface area (TPSA) is 37.3 Å². The normalized spacial score (nSPS) is 10.3. The van der Waals surface area contributed by atoms with E-state index in [-0.39, 0.29) is 12.4 Å². The highest BCUT2D eigenvalue weighted by Gasteiger charge is 2.00. The Labute approximate surface area is 120 Å². The first kappa shape index (κ1) is 15.2. The fourth-order valence-electron chi connectivity index (χ4n) is 1.99. The zero-order valence-corrected chi connectivity index (χ0v) is 12.2. The van der Waals surface area contributed by atoms with Crippen LogP contribution in [0.15, 0.2) is 41.8 Å². The van der Waals surface area contributed by atoms with E-state index in [4.69, 9.17) is 0 Å². The van der Waals surface area contributed by atoms with Crippen LogP contribution in [-0.4, -0.2) is 11.2 Å². The Morgan fingerprint density at radius 3 is 2.21 bits per heavy atom. The number of nitrogens with zero attached hydrogens (tertiary/aromatic N) is 2. The van der Waals surface area contributed by atoms with Crippen LogP contribution in [-0.2, 0) is 0 Å². The molecule has 0 aliphatic rings. The van der Waals surface area contributed by atoms with E-state index < -0.39 is 0 Å². The standard InChI is InChI=1S/C15H17N3.ClH/c1-11-8-12(2)15(13(3)9-11)10-17-18-14-4-6-16-7-5-14;/h4-10H,1-3H3,(H,16,18);1H. The Morgan fingerprint density at radius 1 is 1.05 bits per heavy atom. The maximum Gasteiger partial charge on any atom is 0.0592 e. The van der Waals surface area contributed by atoms with Gasteiger partial charge in [-0.3, -0.25) is 10.4 Å². The summed E-state index contributed by atoms with van der Waals surface area (Å²) in [5.74, 6) is 0. The second kappa shape index (κ2) is 6.90. The molecule has 3 nitrogen and oxygen atoms in total. The molecule has 0 unspecified atom stereocenters. The van der Waals surface area contributed by atoms with Gasteiger partial charge < -0.3 is 0 Å². The Balaban J connectivity index is 0.00000180. The molecule has 0 aliphatic heterocycles. The first-order chi connectivity index (χ1) is 8.66. The molecule has 0 amide bonds. The predicted molar refractivity (Wildman–Crippen MR) is 83.4 cm³/mol. The molecule has 100 valence electrons. The summed E-state index contributed by atoms with van der Waals surface area (Å²) >= 11 is 0. The van der Waals surface area contributed by atoms with Crippen LogP contribution < -0.4 is 5.43 Å². The van der Waals surface area contributed by atoms with E-state index in [2.05, 4.69) is 48.4 Å². The van der Waals surface area contributed by atoms with Crippen LogP contribution in [0, 0.1) is 20.8 Å². The van der Waals surface area contributed by atoms with Crippen molar-refractivity contribution in [1.29, 1.82) is 0 Å². The van der Waals surface area contributed by atoms with Crippen molar-refractivity contribution in [3.63, 3.8) is 0 Å². The molecule has 2 rings (SSSR count). The minimum atomic E-state index is 0. The van der Waals surface area contributed by atoms with Crippen molar-refractivity contribution >= 4 is 24.3 Å². The van der Waals surface area contributed by atoms with Gasteiger partial charge in [0, 0.05) is 18.0 Å². The molecule has 0 saturated heterocycles. The summed E-state index contributed by atoms with van der Waals surface area (Å²) in [7, 11) is 0. The average Bonchev–Trinajstić information content (AvgIpc) is 2.34. The maximum atomic E-state index is 4.26. The van der Waals surface area contributed by atoms with Crippen molar-refractivity contribution in [2.75, 3.05) is 5.43 Å². The van der Waals surface area contributed by atoms with Crippen LogP contribution in [0.3, 0.4) is 0 Å². The molecule has 0 saturated carbocycles. The van der Waals surface area contributed by atoms with Gasteiger partial charge in [-0.25, -0.2) is 0 Å². The fourth-order valence-corrected chi connectivity index (χ4v) is 1.99. The van der Waals surface area contributed by atoms with Crippen molar-refractivity contribution in [3.8, 4) is 0 Å². The molecule has 0 radical (unpaired) electrons. The largest absolute Gasteiger partial charge is 0.278 e. The zero-order chi connectivity index (χ0) is 13.0. The quantitative estimate of drug-likeness (QED) is 0.682. The number of benzene rings is 1. The molecule has 1 heterocycles. The fraction of sp³-hybridized carbons (Fsp3) is 0.200. The number of rotatable bonds is 3. The van der Waals surface area contributed by atoms with Crippen LogP contribution in [0.4, 0.5) is 5.69 Å². The van der Waals surface area contributed by atoms with Gasteiger partial charge in [-0.15, -0.1) is 12.4 Å². The maximum absolute atomic E-state index is 4.26. The summed E-state index contributed by atoms with van der Waals surface area (Å²) in [5.41, 5.74) is 8.86. The molecule has 0 atom stereocenters. The number of anilines is 1. The van der Waals surface area contributed by atoms with Crippen molar-refractivity contribution in [2.24, 2.45) is 5.10 Å². The molecule has 0 bridgehead atoms. The lowest BCUT2D eigenvalue weighted by molar-refractivity contribution is 1.27. The van der Waals surface area contributed by atoms with Crippen molar-refractivity contribution in [2.45, 2.75) is 20.8 Å². The molecule has 1 N–H and O–H groups in total. The smallest absolute Gasteiger partial charge is 0.0592 e. The van der Waals surface area contributed by atoms with Gasteiger partial charge in [0.1, 0.15) is 0 Å². The molecule has 0 aliphatic carbocycles. The van der Waals surface area contributed by atoms with Gasteiger partial charge in [0.15, 0.2) is 0 Å². The SMILES string of the molecule is Cc1cc(C)c(C=NNc2ccncc2)c(C)c1.Cl. The Morgan fingerprint density at radius 2 is 1.63 bits per heavy atom. The summed E-state index contributed by atoms with van der Waals surface area (Å²) in [5, 5.41) is 4.26. The first-order valence-corrected chi connectivity index (χ1v) is 5.94. The highest BCUT2D eigenvalue weighted by molar-refractivity contribution is 5.85. The third kappa shape index (κ3) is 4.07. The minimum absolute atomic E-state index is 0. The predicted octanol–water partition coefficient (Wildman–Crippen LogP) is 3.87. The number of halogens is 1. The van der Waals surface area contributed by atoms with E-state index in [0.29, 0.717) is 0 Å². The van der Waals surface area contributed by atoms with Gasteiger partial charge in [-0.05, 0) is 44.0 Å². The van der Waals surface area contributed by atoms with E-state index in [1.54, 1.807) is 12.4 Å². The molecule has 2 aromatic rings. The van der Waals surface area contributed by atoms with Crippen LogP contribution in [0.25, 0.3) is 0 Å². The number of hydrazone groups is 1. The van der Waals surface area contributed by atoms with E-state index >= 15 is 0 Å². The molecule has 19 heavy (non-hydrogen) atoms. The zero-order valence-electron chi connectivity index (χ0n) is 11.3. The summed E-state index contributed by atoms with van der Waals surface area (Å²) in [6.07, 6.45) is 5.34. The highest BCUT2D eigenvalue weighted by atomic mass is 35.5. The minimum Gasteiger partial charge on any atom is -0.278 e. The second-order valence-electron chi connectivity index (χ2n) is 4.42. The molecule has 0 fully saturated rings. The summed E-state index contributed by atoms with van der Waals surface area (Å²) in [6, 6.07) is 8.10. The van der Waals surface area contributed by atoms with Gasteiger partial charge in [0.05, 0.1) is 11.9 Å². The van der Waals surface area contributed by atoms with Gasteiger partial charge in [-0.2, -0.15) is 5.10 Å². The van der Waals surface area contributed by atoms with Gasteiger partial charge in [0.2, 0.25) is 0 Å². The third-order valence-electron chi connectivity index (χ3n) is 2.81. The van der Waals surface area contributed by atoms with Crippen LogP contribution in [0.5, 0.6) is 0 Å². The van der Waals surface area contributed by atoms with Gasteiger partial charge in [0.25, 0.3) is 0 Å². The third-order valence-corrected chi connectivity index (χ3v) is 2.81. The van der Waals surface area contributed by atoms with E-state index in [0.717, 1.165) is 5.69 Å². The molecule has 1 aromatic carbocycles. The number of pyridine rings is 1. The van der Waals surface area contributed by atoms with Crippen LogP contribution in [0.2, 0.25) is 0 Å². The molecule has 1 aromatic heterocycles. The number of aromatic nitrogens is 1. The summed E-state index contributed by atoms with van der Waals surface area (Å²) in [4.78, 5) is 3.96. The average molecular weight is 276 g/mol. The van der Waals surface area contributed by atoms with E-state index in [1.165, 1.54) is 22.3 Å². The second-order valence-corrected chi connectivity index (χ2v) is 4.42. The number of hydrogen-bond donors (Lipinski definition) is 1. The molecular formula is C15H18ClN3. The Bertz CT molecular complexity index is 542. The summed E-state index contributed by atoms with van der Waals surface area (Å²) in [6.45, 7) is 6.32. The number of hydrogen-bond acceptors (Lipinski definition) is 3. The molecule has 4 heteroatoms. The van der Waals surface area contributed by atoms with Crippen molar-refractivity contribution < 1.29 is 0 Å². The van der Waals surface area contributed by atoms with Gasteiger partial charge >= 0.3 is 0 Å². The highest BCUT2D eigenvalue weighted by Crippen LogP contribution is 2.14.